The molecule has 3 N–H and O–H groups in total. The average molecular weight is 417 g/mol. The maximum atomic E-state index is 12.6. The lowest BCUT2D eigenvalue weighted by molar-refractivity contribution is -0.148. The Morgan fingerprint density at radius 1 is 0.968 bits per heavy atom. The fourth-order valence-electron chi connectivity index (χ4n) is 4.12. The van der Waals surface area contributed by atoms with Crippen molar-refractivity contribution in [1.82, 2.24) is 5.32 Å². The summed E-state index contributed by atoms with van der Waals surface area (Å²) in [5, 5.41) is 21.9. The van der Waals surface area contributed by atoms with Crippen LogP contribution in [-0.4, -0.2) is 35.0 Å². The minimum Gasteiger partial charge on any atom is -0.479 e. The Bertz CT molecular complexity index is 1080. The van der Waals surface area contributed by atoms with Gasteiger partial charge in [0, 0.05) is 5.92 Å². The summed E-state index contributed by atoms with van der Waals surface area (Å²) < 4.78 is 5.50. The third-order valence-corrected chi connectivity index (χ3v) is 5.59. The standard InChI is InChI=1S/C25H23NO5/c1-15-7-6-8-16(13-15)22(23(27)24(28)29)26-25(30)31-14-21-19-11-4-2-9-17(19)18-10-3-5-12-20(18)21/h2-13,21-23,27H,14H2,1H3,(H,26,30)(H,28,29). The van der Waals surface area contributed by atoms with E-state index >= 15 is 0 Å². The van der Waals surface area contributed by atoms with Gasteiger partial charge in [-0.2, -0.15) is 0 Å². The first kappa shape index (κ1) is 20.6. The molecule has 1 aliphatic rings. The van der Waals surface area contributed by atoms with Gasteiger partial charge in [-0.05, 0) is 34.7 Å². The summed E-state index contributed by atoms with van der Waals surface area (Å²) in [5.41, 5.74) is 5.77. The van der Waals surface area contributed by atoms with Crippen LogP contribution >= 0.6 is 0 Å². The fraction of sp³-hybridized carbons (Fsp3) is 0.200. The molecule has 31 heavy (non-hydrogen) atoms. The van der Waals surface area contributed by atoms with Gasteiger partial charge in [0.25, 0.3) is 0 Å². The van der Waals surface area contributed by atoms with E-state index in [4.69, 9.17) is 4.74 Å². The highest BCUT2D eigenvalue weighted by Crippen LogP contribution is 2.44. The van der Waals surface area contributed by atoms with Crippen LogP contribution in [0.1, 0.15) is 34.2 Å². The van der Waals surface area contributed by atoms with Crippen molar-refractivity contribution >= 4 is 12.1 Å². The van der Waals surface area contributed by atoms with Gasteiger partial charge in [-0.15, -0.1) is 0 Å². The number of ether oxygens (including phenoxy) is 1. The Morgan fingerprint density at radius 3 is 2.16 bits per heavy atom. The number of hydrogen-bond donors (Lipinski definition) is 3. The molecule has 2 atom stereocenters. The largest absolute Gasteiger partial charge is 0.479 e. The number of aliphatic carboxylic acids is 1. The van der Waals surface area contributed by atoms with Crippen molar-refractivity contribution in [1.29, 1.82) is 0 Å². The van der Waals surface area contributed by atoms with Crippen molar-refractivity contribution in [2.45, 2.75) is 25.0 Å². The topological polar surface area (TPSA) is 95.9 Å². The van der Waals surface area contributed by atoms with Crippen molar-refractivity contribution in [3.8, 4) is 11.1 Å². The molecular formula is C25H23NO5. The summed E-state index contributed by atoms with van der Waals surface area (Å²) in [6.45, 7) is 1.95. The van der Waals surface area contributed by atoms with Gasteiger partial charge in [0.15, 0.2) is 6.10 Å². The van der Waals surface area contributed by atoms with Gasteiger partial charge in [-0.1, -0.05) is 78.4 Å². The van der Waals surface area contributed by atoms with Crippen molar-refractivity contribution < 1.29 is 24.5 Å². The van der Waals surface area contributed by atoms with Crippen LogP contribution in [0.3, 0.4) is 0 Å². The van der Waals surface area contributed by atoms with Crippen LogP contribution in [0.25, 0.3) is 11.1 Å². The number of aliphatic hydroxyl groups is 1. The SMILES string of the molecule is Cc1cccc(C(NC(=O)OCC2c3ccccc3-c3ccccc32)C(O)C(=O)O)c1. The fourth-order valence-corrected chi connectivity index (χ4v) is 4.12. The van der Waals surface area contributed by atoms with Gasteiger partial charge in [0.1, 0.15) is 6.61 Å². The zero-order valence-corrected chi connectivity index (χ0v) is 17.0. The lowest BCUT2D eigenvalue weighted by atomic mass is 9.98. The molecule has 158 valence electrons. The van der Waals surface area contributed by atoms with Crippen molar-refractivity contribution in [2.75, 3.05) is 6.61 Å². The molecule has 6 nitrogen and oxygen atoms in total. The van der Waals surface area contributed by atoms with E-state index in [0.29, 0.717) is 5.56 Å². The molecule has 0 fully saturated rings. The smallest absolute Gasteiger partial charge is 0.407 e. The number of aliphatic hydroxyl groups excluding tert-OH is 1. The Kier molecular flexibility index (Phi) is 5.73. The lowest BCUT2D eigenvalue weighted by Gasteiger charge is -2.23. The first-order valence-electron chi connectivity index (χ1n) is 10.0. The van der Waals surface area contributed by atoms with Crippen molar-refractivity contribution in [3.63, 3.8) is 0 Å². The third kappa shape index (κ3) is 4.15. The second kappa shape index (κ2) is 8.62. The zero-order chi connectivity index (χ0) is 22.0. The molecule has 0 aliphatic heterocycles. The van der Waals surface area contributed by atoms with Crippen LogP contribution in [0, 0.1) is 6.92 Å². The molecule has 3 aromatic carbocycles. The van der Waals surface area contributed by atoms with E-state index in [1.807, 2.05) is 61.5 Å². The monoisotopic (exact) mass is 417 g/mol. The summed E-state index contributed by atoms with van der Waals surface area (Å²) in [6, 6.07) is 21.8. The molecule has 0 aromatic heterocycles. The number of amides is 1. The lowest BCUT2D eigenvalue weighted by Crippen LogP contribution is -2.40. The first-order chi connectivity index (χ1) is 15.0. The van der Waals surface area contributed by atoms with Crippen molar-refractivity contribution in [2.24, 2.45) is 0 Å². The van der Waals surface area contributed by atoms with E-state index in [1.54, 1.807) is 18.2 Å². The Labute approximate surface area is 180 Å². The van der Waals surface area contributed by atoms with Gasteiger partial charge in [0.05, 0.1) is 6.04 Å². The molecule has 0 spiro atoms. The summed E-state index contributed by atoms with van der Waals surface area (Å²) in [6.07, 6.45) is -2.59. The third-order valence-electron chi connectivity index (χ3n) is 5.59. The molecule has 2 unspecified atom stereocenters. The van der Waals surface area contributed by atoms with Gasteiger partial charge in [0.2, 0.25) is 0 Å². The second-order valence-electron chi connectivity index (χ2n) is 7.64. The highest BCUT2D eigenvalue weighted by Gasteiger charge is 2.32. The number of benzene rings is 3. The maximum absolute atomic E-state index is 12.6. The number of aryl methyl sites for hydroxylation is 1. The van der Waals surface area contributed by atoms with Gasteiger partial charge in [-0.3, -0.25) is 0 Å². The number of carbonyl (C=O) groups excluding carboxylic acids is 1. The van der Waals surface area contributed by atoms with Crippen LogP contribution in [0.4, 0.5) is 4.79 Å². The number of carboxylic acid groups (broad SMARTS) is 1. The normalized spacial score (nSPS) is 14.3. The summed E-state index contributed by atoms with van der Waals surface area (Å²) in [5.74, 6) is -1.54. The predicted molar refractivity (Wildman–Crippen MR) is 116 cm³/mol. The molecule has 1 amide bonds. The molecular weight excluding hydrogens is 394 g/mol. The molecule has 0 bridgehead atoms. The number of hydrogen-bond acceptors (Lipinski definition) is 4. The molecule has 3 aromatic rings. The Balaban J connectivity index is 1.51. The van der Waals surface area contributed by atoms with Crippen LogP contribution in [-0.2, 0) is 9.53 Å². The summed E-state index contributed by atoms with van der Waals surface area (Å²) >= 11 is 0. The second-order valence-corrected chi connectivity index (χ2v) is 7.64. The van der Waals surface area contributed by atoms with E-state index in [-0.39, 0.29) is 12.5 Å². The average Bonchev–Trinajstić information content (AvgIpc) is 3.09. The minimum absolute atomic E-state index is 0.101. The Morgan fingerprint density at radius 2 is 1.58 bits per heavy atom. The molecule has 0 radical (unpaired) electrons. The van der Waals surface area contributed by atoms with E-state index in [0.717, 1.165) is 27.8 Å². The number of alkyl carbamates (subject to hydrolysis) is 1. The molecule has 4 rings (SSSR count). The maximum Gasteiger partial charge on any atom is 0.407 e. The van der Waals surface area contributed by atoms with E-state index in [1.165, 1.54) is 0 Å². The number of carboxylic acids is 1. The summed E-state index contributed by atoms with van der Waals surface area (Å²) in [4.78, 5) is 24.0. The van der Waals surface area contributed by atoms with E-state index < -0.39 is 24.2 Å². The molecule has 0 heterocycles. The van der Waals surface area contributed by atoms with Crippen LogP contribution < -0.4 is 5.32 Å². The Hall–Kier alpha value is -3.64. The predicted octanol–water partition coefficient (Wildman–Crippen LogP) is 4.02. The summed E-state index contributed by atoms with van der Waals surface area (Å²) in [7, 11) is 0. The van der Waals surface area contributed by atoms with Gasteiger partial charge < -0.3 is 20.3 Å². The van der Waals surface area contributed by atoms with Crippen LogP contribution in [0.2, 0.25) is 0 Å². The van der Waals surface area contributed by atoms with E-state index in [2.05, 4.69) is 5.32 Å². The van der Waals surface area contributed by atoms with Crippen molar-refractivity contribution in [3.05, 3.63) is 95.1 Å². The number of fused-ring (bicyclic) bond motifs is 3. The highest BCUT2D eigenvalue weighted by atomic mass is 16.5. The molecule has 0 saturated carbocycles. The molecule has 6 heteroatoms. The van der Waals surface area contributed by atoms with Gasteiger partial charge in [-0.25, -0.2) is 9.59 Å². The zero-order valence-electron chi connectivity index (χ0n) is 17.0. The highest BCUT2D eigenvalue weighted by molar-refractivity contribution is 5.79. The van der Waals surface area contributed by atoms with E-state index in [9.17, 15) is 19.8 Å². The van der Waals surface area contributed by atoms with Crippen LogP contribution in [0.5, 0.6) is 0 Å². The first-order valence-corrected chi connectivity index (χ1v) is 10.0. The quantitative estimate of drug-likeness (QED) is 0.563. The number of carbonyl (C=O) groups is 2. The van der Waals surface area contributed by atoms with Gasteiger partial charge >= 0.3 is 12.1 Å². The minimum atomic E-state index is -1.80. The number of nitrogens with one attached hydrogen (secondary N) is 1. The number of rotatable bonds is 6. The van der Waals surface area contributed by atoms with Crippen LogP contribution in [0.15, 0.2) is 72.8 Å². The molecule has 1 aliphatic carbocycles. The molecule has 0 saturated heterocycles.